The maximum absolute atomic E-state index is 11.2. The van der Waals surface area contributed by atoms with E-state index in [9.17, 15) is 4.79 Å². The Balaban J connectivity index is 2.13. The molecule has 0 saturated carbocycles. The third-order valence-corrected chi connectivity index (χ3v) is 3.47. The highest BCUT2D eigenvalue weighted by atomic mass is 16.4. The summed E-state index contributed by atoms with van der Waals surface area (Å²) < 4.78 is 7.17. The molecule has 0 amide bonds. The first-order chi connectivity index (χ1) is 10.2. The van der Waals surface area contributed by atoms with E-state index in [1.54, 1.807) is 30.7 Å². The van der Waals surface area contributed by atoms with Crippen LogP contribution in [0.4, 0.5) is 0 Å². The Labute approximate surface area is 121 Å². The Morgan fingerprint density at radius 1 is 1.38 bits per heavy atom. The van der Waals surface area contributed by atoms with E-state index in [0.29, 0.717) is 6.54 Å². The minimum Gasteiger partial charge on any atom is -0.478 e. The van der Waals surface area contributed by atoms with E-state index in [2.05, 4.69) is 16.5 Å². The second-order valence-corrected chi connectivity index (χ2v) is 5.00. The summed E-state index contributed by atoms with van der Waals surface area (Å²) in [5.74, 6) is 0.0428. The number of nitrogens with zero attached hydrogens (tertiary/aromatic N) is 2. The largest absolute Gasteiger partial charge is 0.478 e. The summed E-state index contributed by atoms with van der Waals surface area (Å²) in [6.45, 7) is 2.73. The molecular formula is C16H16N2O3. The van der Waals surface area contributed by atoms with E-state index >= 15 is 0 Å². The standard InChI is InChI=1S/C16H16N2O3/c1-2-3-15-17-13-5-4-12(16(19)20)8-14(13)18(15)9-11-6-7-21-10-11/h4-8,10H,2-3,9H2,1H3,(H,19,20). The van der Waals surface area contributed by atoms with Crippen molar-refractivity contribution >= 4 is 17.0 Å². The average Bonchev–Trinajstić information content (AvgIpc) is 3.08. The van der Waals surface area contributed by atoms with Gasteiger partial charge in [0.15, 0.2) is 0 Å². The summed E-state index contributed by atoms with van der Waals surface area (Å²) in [6.07, 6.45) is 5.18. The van der Waals surface area contributed by atoms with Crippen molar-refractivity contribution in [3.05, 3.63) is 53.7 Å². The summed E-state index contributed by atoms with van der Waals surface area (Å²) in [7, 11) is 0. The number of carbonyl (C=O) groups is 1. The predicted octanol–water partition coefficient (Wildman–Crippen LogP) is 3.33. The lowest BCUT2D eigenvalue weighted by atomic mass is 10.2. The molecule has 2 heterocycles. The highest BCUT2D eigenvalue weighted by Gasteiger charge is 2.13. The number of hydrogen-bond acceptors (Lipinski definition) is 3. The summed E-state index contributed by atoms with van der Waals surface area (Å²) in [5.41, 5.74) is 2.98. The van der Waals surface area contributed by atoms with Crippen LogP contribution in [0.3, 0.4) is 0 Å². The molecule has 0 spiro atoms. The van der Waals surface area contributed by atoms with Crippen LogP contribution in [0.2, 0.25) is 0 Å². The second kappa shape index (κ2) is 5.44. The van der Waals surface area contributed by atoms with E-state index in [1.165, 1.54) is 0 Å². The Morgan fingerprint density at radius 2 is 2.24 bits per heavy atom. The van der Waals surface area contributed by atoms with Crippen LogP contribution in [0, 0.1) is 0 Å². The van der Waals surface area contributed by atoms with E-state index in [1.807, 2.05) is 6.07 Å². The van der Waals surface area contributed by atoms with Gasteiger partial charge in [-0.3, -0.25) is 0 Å². The summed E-state index contributed by atoms with van der Waals surface area (Å²) in [6, 6.07) is 6.95. The Bertz CT molecular complexity index is 772. The normalized spacial score (nSPS) is 11.1. The Morgan fingerprint density at radius 3 is 2.90 bits per heavy atom. The molecule has 5 nitrogen and oxygen atoms in total. The van der Waals surface area contributed by atoms with Gasteiger partial charge in [-0.15, -0.1) is 0 Å². The minimum atomic E-state index is -0.926. The molecule has 21 heavy (non-hydrogen) atoms. The number of imidazole rings is 1. The van der Waals surface area contributed by atoms with E-state index < -0.39 is 5.97 Å². The van der Waals surface area contributed by atoms with Gasteiger partial charge in [-0.2, -0.15) is 0 Å². The Kier molecular flexibility index (Phi) is 3.48. The van der Waals surface area contributed by atoms with Gasteiger partial charge in [-0.25, -0.2) is 9.78 Å². The van der Waals surface area contributed by atoms with Gasteiger partial charge >= 0.3 is 5.97 Å². The quantitative estimate of drug-likeness (QED) is 0.780. The number of aromatic nitrogens is 2. The lowest BCUT2D eigenvalue weighted by Gasteiger charge is -2.07. The predicted molar refractivity (Wildman–Crippen MR) is 78.5 cm³/mol. The number of furan rings is 1. The van der Waals surface area contributed by atoms with Gasteiger partial charge in [0.05, 0.1) is 35.7 Å². The van der Waals surface area contributed by atoms with Crippen LogP contribution < -0.4 is 0 Å². The average molecular weight is 284 g/mol. The van der Waals surface area contributed by atoms with Crippen molar-refractivity contribution in [2.24, 2.45) is 0 Å². The number of carboxylic acids is 1. The number of aryl methyl sites for hydroxylation is 1. The fraction of sp³-hybridized carbons (Fsp3) is 0.250. The van der Waals surface area contributed by atoms with Gasteiger partial charge in [0, 0.05) is 12.0 Å². The van der Waals surface area contributed by atoms with Gasteiger partial charge in [0.25, 0.3) is 0 Å². The summed E-state index contributed by atoms with van der Waals surface area (Å²) in [4.78, 5) is 15.8. The molecule has 0 aliphatic carbocycles. The number of benzene rings is 1. The molecule has 3 rings (SSSR count). The first-order valence-corrected chi connectivity index (χ1v) is 6.92. The molecule has 0 aliphatic heterocycles. The van der Waals surface area contributed by atoms with Crippen LogP contribution in [0.25, 0.3) is 11.0 Å². The topological polar surface area (TPSA) is 68.3 Å². The third-order valence-electron chi connectivity index (χ3n) is 3.47. The lowest BCUT2D eigenvalue weighted by Crippen LogP contribution is -2.05. The first-order valence-electron chi connectivity index (χ1n) is 6.92. The number of hydrogen-bond donors (Lipinski definition) is 1. The number of fused-ring (bicyclic) bond motifs is 1. The minimum absolute atomic E-state index is 0.277. The van der Waals surface area contributed by atoms with Crippen LogP contribution in [0.15, 0.2) is 41.2 Å². The van der Waals surface area contributed by atoms with Crippen molar-refractivity contribution in [1.82, 2.24) is 9.55 Å². The molecule has 108 valence electrons. The van der Waals surface area contributed by atoms with Crippen molar-refractivity contribution in [3.8, 4) is 0 Å². The molecule has 3 aromatic rings. The third kappa shape index (κ3) is 2.54. The SMILES string of the molecule is CCCc1nc2ccc(C(=O)O)cc2n1Cc1ccoc1. The zero-order valence-electron chi connectivity index (χ0n) is 11.7. The smallest absolute Gasteiger partial charge is 0.335 e. The summed E-state index contributed by atoms with van der Waals surface area (Å²) >= 11 is 0. The number of carboxylic acid groups (broad SMARTS) is 1. The lowest BCUT2D eigenvalue weighted by molar-refractivity contribution is 0.0697. The molecular weight excluding hydrogens is 268 g/mol. The van der Waals surface area contributed by atoms with Gasteiger partial charge in [0.2, 0.25) is 0 Å². The van der Waals surface area contributed by atoms with Crippen LogP contribution in [-0.2, 0) is 13.0 Å². The van der Waals surface area contributed by atoms with Gasteiger partial charge in [-0.05, 0) is 30.7 Å². The zero-order chi connectivity index (χ0) is 14.8. The molecule has 0 aliphatic rings. The van der Waals surface area contributed by atoms with Crippen LogP contribution in [-0.4, -0.2) is 20.6 Å². The van der Waals surface area contributed by atoms with Crippen molar-refractivity contribution in [1.29, 1.82) is 0 Å². The van der Waals surface area contributed by atoms with Crippen molar-refractivity contribution < 1.29 is 14.3 Å². The monoisotopic (exact) mass is 284 g/mol. The highest BCUT2D eigenvalue weighted by Crippen LogP contribution is 2.21. The van der Waals surface area contributed by atoms with Crippen molar-refractivity contribution in [2.45, 2.75) is 26.3 Å². The molecule has 1 N–H and O–H groups in total. The Hall–Kier alpha value is -2.56. The molecule has 0 fully saturated rings. The van der Waals surface area contributed by atoms with E-state index in [4.69, 9.17) is 9.52 Å². The molecule has 0 unspecified atom stereocenters. The molecule has 0 atom stereocenters. The second-order valence-electron chi connectivity index (χ2n) is 5.00. The molecule has 0 saturated heterocycles. The molecule has 5 heteroatoms. The molecule has 0 radical (unpaired) electrons. The first kappa shape index (κ1) is 13.4. The zero-order valence-corrected chi connectivity index (χ0v) is 11.7. The molecule has 0 bridgehead atoms. The maximum atomic E-state index is 11.2. The molecule has 1 aromatic carbocycles. The van der Waals surface area contributed by atoms with E-state index in [-0.39, 0.29) is 5.56 Å². The van der Waals surface area contributed by atoms with Crippen LogP contribution >= 0.6 is 0 Å². The summed E-state index contributed by atoms with van der Waals surface area (Å²) in [5, 5.41) is 9.16. The van der Waals surface area contributed by atoms with Crippen LogP contribution in [0.1, 0.15) is 35.1 Å². The van der Waals surface area contributed by atoms with Gasteiger partial charge in [0.1, 0.15) is 5.82 Å². The fourth-order valence-corrected chi connectivity index (χ4v) is 2.46. The fourth-order valence-electron chi connectivity index (χ4n) is 2.46. The van der Waals surface area contributed by atoms with Gasteiger partial charge < -0.3 is 14.1 Å². The van der Waals surface area contributed by atoms with Crippen molar-refractivity contribution in [3.63, 3.8) is 0 Å². The van der Waals surface area contributed by atoms with Crippen molar-refractivity contribution in [2.75, 3.05) is 0 Å². The number of rotatable bonds is 5. The molecule has 2 aromatic heterocycles. The van der Waals surface area contributed by atoms with E-state index in [0.717, 1.165) is 35.3 Å². The van der Waals surface area contributed by atoms with Crippen LogP contribution in [0.5, 0.6) is 0 Å². The maximum Gasteiger partial charge on any atom is 0.335 e. The van der Waals surface area contributed by atoms with Gasteiger partial charge in [-0.1, -0.05) is 6.92 Å². The highest BCUT2D eigenvalue weighted by molar-refractivity contribution is 5.92. The number of aromatic carboxylic acids is 1.